The highest BCUT2D eigenvalue weighted by molar-refractivity contribution is 6.31. The largest absolute Gasteiger partial charge is 0.390 e. The molecule has 3 nitrogen and oxygen atoms in total. The Morgan fingerprint density at radius 2 is 2.18 bits per heavy atom. The molecule has 1 aromatic rings. The fraction of sp³-hybridized carbons (Fsp3) is 0.538. The van der Waals surface area contributed by atoms with E-state index in [1.807, 2.05) is 19.1 Å². The lowest BCUT2D eigenvalue weighted by Crippen LogP contribution is -2.39. The predicted octanol–water partition coefficient (Wildman–Crippen LogP) is 1.81. The van der Waals surface area contributed by atoms with Crippen LogP contribution in [-0.4, -0.2) is 36.9 Å². The summed E-state index contributed by atoms with van der Waals surface area (Å²) >= 11 is 6.15. The summed E-state index contributed by atoms with van der Waals surface area (Å²) in [6, 6.07) is 6.28. The van der Waals surface area contributed by atoms with Crippen molar-refractivity contribution in [1.82, 2.24) is 5.32 Å². The zero-order chi connectivity index (χ0) is 12.4. The number of β-amino-alcohol motifs (C(OH)–C–C–N with tert-alkyl or cyclic N) is 1. The Labute approximate surface area is 107 Å². The molecule has 17 heavy (non-hydrogen) atoms. The molecular weight excluding hydrogens is 236 g/mol. The molecule has 1 fully saturated rings. The van der Waals surface area contributed by atoms with Gasteiger partial charge in [0.1, 0.15) is 0 Å². The van der Waals surface area contributed by atoms with Crippen LogP contribution in [0.25, 0.3) is 0 Å². The SMILES string of the molecule is Cc1c(Cl)cccc1N1CC(O)CNCC1C. The van der Waals surface area contributed by atoms with Gasteiger partial charge in [-0.2, -0.15) is 0 Å². The van der Waals surface area contributed by atoms with Gasteiger partial charge in [0.2, 0.25) is 0 Å². The first kappa shape index (κ1) is 12.7. The van der Waals surface area contributed by atoms with E-state index in [1.54, 1.807) is 0 Å². The van der Waals surface area contributed by atoms with Crippen molar-refractivity contribution >= 4 is 17.3 Å². The fourth-order valence-electron chi connectivity index (χ4n) is 2.28. The number of hydrogen-bond donors (Lipinski definition) is 2. The minimum absolute atomic E-state index is 0.335. The van der Waals surface area contributed by atoms with Gasteiger partial charge in [0.05, 0.1) is 6.10 Å². The van der Waals surface area contributed by atoms with Crippen molar-refractivity contribution in [3.05, 3.63) is 28.8 Å². The highest BCUT2D eigenvalue weighted by Gasteiger charge is 2.23. The molecule has 0 spiro atoms. The summed E-state index contributed by atoms with van der Waals surface area (Å²) in [5, 5.41) is 13.9. The van der Waals surface area contributed by atoms with Gasteiger partial charge in [-0.3, -0.25) is 0 Å². The molecule has 0 bridgehead atoms. The van der Waals surface area contributed by atoms with Gasteiger partial charge < -0.3 is 15.3 Å². The first-order chi connectivity index (χ1) is 8.09. The number of aliphatic hydroxyl groups excluding tert-OH is 1. The lowest BCUT2D eigenvalue weighted by Gasteiger charge is -2.31. The third-order valence-corrected chi connectivity index (χ3v) is 3.72. The molecule has 2 rings (SSSR count). The quantitative estimate of drug-likeness (QED) is 0.802. The number of nitrogens with one attached hydrogen (secondary N) is 1. The van der Waals surface area contributed by atoms with E-state index >= 15 is 0 Å². The molecule has 0 aromatic heterocycles. The van der Waals surface area contributed by atoms with E-state index in [1.165, 1.54) is 0 Å². The van der Waals surface area contributed by atoms with Crippen molar-refractivity contribution in [1.29, 1.82) is 0 Å². The average molecular weight is 255 g/mol. The number of aliphatic hydroxyl groups is 1. The third-order valence-electron chi connectivity index (χ3n) is 3.31. The second-order valence-electron chi connectivity index (χ2n) is 4.70. The molecule has 4 heteroatoms. The number of halogens is 1. The van der Waals surface area contributed by atoms with Crippen molar-refractivity contribution in [2.24, 2.45) is 0 Å². The van der Waals surface area contributed by atoms with Crippen LogP contribution in [0.4, 0.5) is 5.69 Å². The minimum Gasteiger partial charge on any atom is -0.390 e. The molecule has 0 saturated carbocycles. The lowest BCUT2D eigenvalue weighted by atomic mass is 10.1. The van der Waals surface area contributed by atoms with Crippen molar-refractivity contribution in [3.8, 4) is 0 Å². The summed E-state index contributed by atoms with van der Waals surface area (Å²) in [4.78, 5) is 2.23. The second kappa shape index (κ2) is 5.25. The van der Waals surface area contributed by atoms with Gasteiger partial charge in [-0.15, -0.1) is 0 Å². The van der Waals surface area contributed by atoms with Crippen molar-refractivity contribution in [2.75, 3.05) is 24.5 Å². The topological polar surface area (TPSA) is 35.5 Å². The van der Waals surface area contributed by atoms with Crippen LogP contribution >= 0.6 is 11.6 Å². The van der Waals surface area contributed by atoms with Crippen LogP contribution in [0, 0.1) is 6.92 Å². The molecule has 1 saturated heterocycles. The molecule has 2 unspecified atom stereocenters. The van der Waals surface area contributed by atoms with Crippen molar-refractivity contribution in [3.63, 3.8) is 0 Å². The lowest BCUT2D eigenvalue weighted by molar-refractivity contribution is 0.184. The van der Waals surface area contributed by atoms with E-state index in [9.17, 15) is 5.11 Å². The number of benzene rings is 1. The number of hydrogen-bond acceptors (Lipinski definition) is 3. The van der Waals surface area contributed by atoms with E-state index in [0.717, 1.165) is 22.8 Å². The van der Waals surface area contributed by atoms with Crippen LogP contribution in [-0.2, 0) is 0 Å². The maximum atomic E-state index is 9.86. The summed E-state index contributed by atoms with van der Waals surface area (Å²) in [5.74, 6) is 0. The second-order valence-corrected chi connectivity index (χ2v) is 5.10. The first-order valence-corrected chi connectivity index (χ1v) is 6.38. The monoisotopic (exact) mass is 254 g/mol. The van der Waals surface area contributed by atoms with Crippen LogP contribution in [0.5, 0.6) is 0 Å². The summed E-state index contributed by atoms with van der Waals surface area (Å²) < 4.78 is 0. The zero-order valence-corrected chi connectivity index (χ0v) is 11.0. The maximum absolute atomic E-state index is 9.86. The van der Waals surface area contributed by atoms with Gasteiger partial charge >= 0.3 is 0 Å². The zero-order valence-electron chi connectivity index (χ0n) is 10.3. The van der Waals surface area contributed by atoms with E-state index in [0.29, 0.717) is 19.1 Å². The van der Waals surface area contributed by atoms with Gasteiger partial charge in [0, 0.05) is 36.4 Å². The summed E-state index contributed by atoms with van der Waals surface area (Å²) in [6.07, 6.45) is -0.335. The van der Waals surface area contributed by atoms with Crippen LogP contribution in [0.15, 0.2) is 18.2 Å². The Morgan fingerprint density at radius 3 is 2.94 bits per heavy atom. The number of nitrogens with zero attached hydrogens (tertiary/aromatic N) is 1. The molecule has 0 amide bonds. The predicted molar refractivity (Wildman–Crippen MR) is 71.9 cm³/mol. The van der Waals surface area contributed by atoms with Gasteiger partial charge in [0.15, 0.2) is 0 Å². The summed E-state index contributed by atoms with van der Waals surface area (Å²) in [5.41, 5.74) is 2.20. The van der Waals surface area contributed by atoms with E-state index in [-0.39, 0.29) is 6.10 Å². The Hall–Kier alpha value is -0.770. The standard InChI is InChI=1S/C13H19ClN2O/c1-9-6-15-7-11(17)8-16(9)13-5-3-4-12(14)10(13)2/h3-5,9,11,15,17H,6-8H2,1-2H3. The molecule has 1 aromatic carbocycles. The van der Waals surface area contributed by atoms with Gasteiger partial charge in [-0.05, 0) is 31.5 Å². The van der Waals surface area contributed by atoms with E-state index < -0.39 is 0 Å². The molecule has 2 N–H and O–H groups in total. The van der Waals surface area contributed by atoms with Crippen LogP contribution < -0.4 is 10.2 Å². The summed E-state index contributed by atoms with van der Waals surface area (Å²) in [6.45, 7) is 6.36. The Balaban J connectivity index is 2.32. The van der Waals surface area contributed by atoms with Crippen molar-refractivity contribution in [2.45, 2.75) is 26.0 Å². The normalized spacial score (nSPS) is 25.8. The van der Waals surface area contributed by atoms with Gasteiger partial charge in [0.25, 0.3) is 0 Å². The Kier molecular flexibility index (Phi) is 3.92. The highest BCUT2D eigenvalue weighted by atomic mass is 35.5. The molecule has 1 aliphatic rings. The smallest absolute Gasteiger partial charge is 0.0839 e. The summed E-state index contributed by atoms with van der Waals surface area (Å²) in [7, 11) is 0. The molecule has 2 atom stereocenters. The molecule has 1 heterocycles. The Bertz CT molecular complexity index is 397. The average Bonchev–Trinajstić information content (AvgIpc) is 2.45. The van der Waals surface area contributed by atoms with E-state index in [2.05, 4.69) is 23.2 Å². The number of anilines is 1. The van der Waals surface area contributed by atoms with E-state index in [4.69, 9.17) is 11.6 Å². The van der Waals surface area contributed by atoms with Gasteiger partial charge in [-0.1, -0.05) is 17.7 Å². The highest BCUT2D eigenvalue weighted by Crippen LogP contribution is 2.28. The Morgan fingerprint density at radius 1 is 1.41 bits per heavy atom. The van der Waals surface area contributed by atoms with Crippen LogP contribution in [0.1, 0.15) is 12.5 Å². The van der Waals surface area contributed by atoms with Crippen molar-refractivity contribution < 1.29 is 5.11 Å². The minimum atomic E-state index is -0.335. The molecular formula is C13H19ClN2O. The van der Waals surface area contributed by atoms with Crippen LogP contribution in [0.2, 0.25) is 5.02 Å². The number of rotatable bonds is 1. The van der Waals surface area contributed by atoms with Crippen LogP contribution in [0.3, 0.4) is 0 Å². The van der Waals surface area contributed by atoms with Gasteiger partial charge in [-0.25, -0.2) is 0 Å². The third kappa shape index (κ3) is 2.73. The molecule has 0 radical (unpaired) electrons. The molecule has 94 valence electrons. The fourth-order valence-corrected chi connectivity index (χ4v) is 2.45. The molecule has 0 aliphatic carbocycles. The maximum Gasteiger partial charge on any atom is 0.0839 e. The first-order valence-electron chi connectivity index (χ1n) is 6.00. The molecule has 1 aliphatic heterocycles.